The van der Waals surface area contributed by atoms with Crippen LogP contribution in [0.5, 0.6) is 0 Å². The second kappa shape index (κ2) is 7.98. The van der Waals surface area contributed by atoms with E-state index in [0.717, 1.165) is 27.9 Å². The fourth-order valence-electron chi connectivity index (χ4n) is 3.96. The Kier molecular flexibility index (Phi) is 5.00. The van der Waals surface area contributed by atoms with Gasteiger partial charge in [-0.3, -0.25) is 9.20 Å². The van der Waals surface area contributed by atoms with Crippen LogP contribution < -0.4 is 5.56 Å². The quantitative estimate of drug-likeness (QED) is 0.377. The molecule has 0 bridgehead atoms. The number of hydrogen-bond donors (Lipinski definition) is 0. The van der Waals surface area contributed by atoms with Gasteiger partial charge in [0.25, 0.3) is 5.56 Å². The summed E-state index contributed by atoms with van der Waals surface area (Å²) in [5, 5.41) is 19.2. The molecule has 0 aliphatic carbocycles. The third kappa shape index (κ3) is 3.26. The topological polar surface area (TPSA) is 76.0 Å². The fourth-order valence-corrected chi connectivity index (χ4v) is 4.85. The zero-order valence-corrected chi connectivity index (χ0v) is 18.4. The molecule has 0 fully saturated rings. The van der Waals surface area contributed by atoms with E-state index in [1.165, 1.54) is 0 Å². The van der Waals surface area contributed by atoms with Crippen molar-refractivity contribution in [3.05, 3.63) is 99.3 Å². The van der Waals surface area contributed by atoms with Gasteiger partial charge in [0.2, 0.25) is 5.78 Å². The summed E-state index contributed by atoms with van der Waals surface area (Å²) in [7, 11) is 0. The van der Waals surface area contributed by atoms with Gasteiger partial charge in [0.15, 0.2) is 5.16 Å². The Labute approximate surface area is 188 Å². The van der Waals surface area contributed by atoms with Gasteiger partial charge in [0, 0.05) is 5.75 Å². The van der Waals surface area contributed by atoms with E-state index in [0.29, 0.717) is 27.6 Å². The lowest BCUT2D eigenvalue weighted by Gasteiger charge is -2.15. The van der Waals surface area contributed by atoms with Gasteiger partial charge in [0.1, 0.15) is 0 Å². The highest BCUT2D eigenvalue weighted by atomic mass is 32.2. The minimum Gasteiger partial charge on any atom is -0.268 e. The van der Waals surface area contributed by atoms with Gasteiger partial charge in [-0.25, -0.2) is 4.57 Å². The van der Waals surface area contributed by atoms with Crippen LogP contribution in [0.15, 0.2) is 76.7 Å². The molecule has 0 saturated carbocycles. The largest absolute Gasteiger partial charge is 0.268 e. The van der Waals surface area contributed by atoms with Crippen molar-refractivity contribution >= 4 is 28.4 Å². The predicted molar refractivity (Wildman–Crippen MR) is 126 cm³/mol. The molecule has 2 aromatic heterocycles. The molecular weight excluding hydrogens is 418 g/mol. The molecule has 156 valence electrons. The summed E-state index contributed by atoms with van der Waals surface area (Å²) < 4.78 is 3.63. The molecule has 0 unspecified atom stereocenters. The number of aryl methyl sites for hydroxylation is 2. The van der Waals surface area contributed by atoms with Crippen LogP contribution in [0.1, 0.15) is 22.3 Å². The lowest BCUT2D eigenvalue weighted by Crippen LogP contribution is -2.23. The molecule has 5 aromatic rings. The second-order valence-electron chi connectivity index (χ2n) is 7.61. The second-order valence-corrected chi connectivity index (χ2v) is 8.56. The Hall–Kier alpha value is -3.89. The maximum atomic E-state index is 13.5. The summed E-state index contributed by atoms with van der Waals surface area (Å²) in [6.45, 7) is 3.99. The van der Waals surface area contributed by atoms with Crippen molar-refractivity contribution in [2.45, 2.75) is 24.8 Å². The summed E-state index contributed by atoms with van der Waals surface area (Å²) in [6.07, 6.45) is 0. The standard InChI is InChI=1S/C25H19N5OS/c1-16-6-5-7-17(2)22(16)30-23(31)20-8-3-4-9-21(20)29-24(30)27-28-25(29)32-15-19-12-10-18(14-26)11-13-19/h3-13H,15H2,1-2H3. The molecule has 6 nitrogen and oxygen atoms in total. The number of hydrogen-bond acceptors (Lipinski definition) is 5. The van der Waals surface area contributed by atoms with Crippen LogP contribution in [-0.2, 0) is 5.75 Å². The Balaban J connectivity index is 1.71. The van der Waals surface area contributed by atoms with Crippen molar-refractivity contribution in [1.82, 2.24) is 19.2 Å². The van der Waals surface area contributed by atoms with Crippen LogP contribution in [0, 0.1) is 25.2 Å². The number of nitriles is 1. The highest BCUT2D eigenvalue weighted by Gasteiger charge is 2.19. The van der Waals surface area contributed by atoms with Crippen LogP contribution in [0.25, 0.3) is 22.4 Å². The summed E-state index contributed by atoms with van der Waals surface area (Å²) in [4.78, 5) is 13.5. The molecule has 0 amide bonds. The Morgan fingerprint density at radius 3 is 2.38 bits per heavy atom. The Morgan fingerprint density at radius 2 is 1.66 bits per heavy atom. The van der Waals surface area contributed by atoms with E-state index in [2.05, 4.69) is 16.3 Å². The number of fused-ring (bicyclic) bond motifs is 3. The van der Waals surface area contributed by atoms with Crippen molar-refractivity contribution in [2.75, 3.05) is 0 Å². The fraction of sp³-hybridized carbons (Fsp3) is 0.120. The van der Waals surface area contributed by atoms with Crippen LogP contribution in [0.2, 0.25) is 0 Å². The number of rotatable bonds is 4. The van der Waals surface area contributed by atoms with E-state index < -0.39 is 0 Å². The van der Waals surface area contributed by atoms with E-state index in [1.807, 2.05) is 85.0 Å². The van der Waals surface area contributed by atoms with Crippen molar-refractivity contribution in [3.8, 4) is 11.8 Å². The first kappa shape index (κ1) is 20.0. The zero-order chi connectivity index (χ0) is 22.2. The SMILES string of the molecule is Cc1cccc(C)c1-n1c(=O)c2ccccc2n2c(SCc3ccc(C#N)cc3)nnc12. The Bertz CT molecular complexity index is 1550. The van der Waals surface area contributed by atoms with Crippen LogP contribution >= 0.6 is 11.8 Å². The first-order valence-electron chi connectivity index (χ1n) is 10.2. The lowest BCUT2D eigenvalue weighted by atomic mass is 10.1. The van der Waals surface area contributed by atoms with Crippen LogP contribution in [0.4, 0.5) is 0 Å². The van der Waals surface area contributed by atoms with E-state index >= 15 is 0 Å². The van der Waals surface area contributed by atoms with Crippen molar-refractivity contribution in [3.63, 3.8) is 0 Å². The molecule has 0 N–H and O–H groups in total. The van der Waals surface area contributed by atoms with Crippen molar-refractivity contribution in [2.24, 2.45) is 0 Å². The van der Waals surface area contributed by atoms with Crippen molar-refractivity contribution < 1.29 is 0 Å². The first-order valence-corrected chi connectivity index (χ1v) is 11.1. The molecular formula is C25H19N5OS. The molecule has 32 heavy (non-hydrogen) atoms. The van der Waals surface area contributed by atoms with Gasteiger partial charge in [-0.1, -0.05) is 54.2 Å². The smallest absolute Gasteiger partial charge is 0.267 e. The highest BCUT2D eigenvalue weighted by Crippen LogP contribution is 2.27. The number of thioether (sulfide) groups is 1. The van der Waals surface area contributed by atoms with E-state index in [4.69, 9.17) is 5.26 Å². The molecule has 0 saturated heterocycles. The normalized spacial score (nSPS) is 11.2. The molecule has 0 aliphatic heterocycles. The third-order valence-corrected chi connectivity index (χ3v) is 6.51. The first-order chi connectivity index (χ1) is 15.6. The average molecular weight is 438 g/mol. The van der Waals surface area contributed by atoms with Crippen LogP contribution in [0.3, 0.4) is 0 Å². The van der Waals surface area contributed by atoms with Crippen LogP contribution in [-0.4, -0.2) is 19.2 Å². The number of para-hydroxylation sites is 2. The van der Waals surface area contributed by atoms with E-state index in [-0.39, 0.29) is 5.56 Å². The van der Waals surface area contributed by atoms with Gasteiger partial charge in [0.05, 0.1) is 28.2 Å². The minimum atomic E-state index is -0.110. The average Bonchev–Trinajstić information content (AvgIpc) is 3.24. The number of benzene rings is 3. The lowest BCUT2D eigenvalue weighted by molar-refractivity contribution is 0.925. The van der Waals surface area contributed by atoms with Gasteiger partial charge in [-0.2, -0.15) is 5.26 Å². The van der Waals surface area contributed by atoms with Gasteiger partial charge >= 0.3 is 0 Å². The monoisotopic (exact) mass is 437 g/mol. The van der Waals surface area contributed by atoms with Gasteiger partial charge in [-0.05, 0) is 54.8 Å². The molecule has 0 aliphatic rings. The van der Waals surface area contributed by atoms with E-state index in [9.17, 15) is 4.79 Å². The molecule has 2 heterocycles. The van der Waals surface area contributed by atoms with Gasteiger partial charge in [-0.15, -0.1) is 10.2 Å². The predicted octanol–water partition coefficient (Wildman–Crippen LogP) is 4.81. The summed E-state index contributed by atoms with van der Waals surface area (Å²) >= 11 is 1.55. The van der Waals surface area contributed by atoms with Gasteiger partial charge < -0.3 is 0 Å². The Morgan fingerprint density at radius 1 is 0.938 bits per heavy atom. The summed E-state index contributed by atoms with van der Waals surface area (Å²) in [5.41, 5.74) is 5.22. The summed E-state index contributed by atoms with van der Waals surface area (Å²) in [6, 6.07) is 23.2. The zero-order valence-electron chi connectivity index (χ0n) is 17.6. The molecule has 0 radical (unpaired) electrons. The maximum absolute atomic E-state index is 13.5. The molecule has 5 rings (SSSR count). The van der Waals surface area contributed by atoms with E-state index in [1.54, 1.807) is 16.3 Å². The molecule has 7 heteroatoms. The highest BCUT2D eigenvalue weighted by molar-refractivity contribution is 7.98. The number of nitrogens with zero attached hydrogens (tertiary/aromatic N) is 5. The summed E-state index contributed by atoms with van der Waals surface area (Å²) in [5.74, 6) is 1.16. The van der Waals surface area contributed by atoms with Crippen molar-refractivity contribution in [1.29, 1.82) is 5.26 Å². The molecule has 3 aromatic carbocycles. The minimum absolute atomic E-state index is 0.110. The number of aromatic nitrogens is 4. The third-order valence-electron chi connectivity index (χ3n) is 5.51. The maximum Gasteiger partial charge on any atom is 0.267 e. The molecule has 0 atom stereocenters. The molecule has 0 spiro atoms.